The van der Waals surface area contributed by atoms with E-state index in [1.807, 2.05) is 12.2 Å². The standard InChI is InChI=1S/C13H16FNO/c14-11-3-1-10(2-4-11)5-6-13(9-15)7-12(16)8-13/h1-6,12,16H,7-9,15H2/b6-5+. The Morgan fingerprint density at radius 3 is 2.50 bits per heavy atom. The van der Waals surface area contributed by atoms with Crippen LogP contribution in [0.4, 0.5) is 4.39 Å². The zero-order valence-electron chi connectivity index (χ0n) is 9.07. The average molecular weight is 221 g/mol. The molecule has 2 nitrogen and oxygen atoms in total. The number of halogens is 1. The molecule has 1 aromatic carbocycles. The lowest BCUT2D eigenvalue weighted by Gasteiger charge is -2.42. The molecule has 16 heavy (non-hydrogen) atoms. The minimum absolute atomic E-state index is 0.0617. The highest BCUT2D eigenvalue weighted by atomic mass is 19.1. The van der Waals surface area contributed by atoms with Gasteiger partial charge in [0.25, 0.3) is 0 Å². The molecule has 1 fully saturated rings. The van der Waals surface area contributed by atoms with Gasteiger partial charge in [0.05, 0.1) is 6.10 Å². The molecule has 0 radical (unpaired) electrons. The molecule has 0 aliphatic heterocycles. The maximum atomic E-state index is 12.7. The van der Waals surface area contributed by atoms with Crippen molar-refractivity contribution in [2.24, 2.45) is 11.1 Å². The highest BCUT2D eigenvalue weighted by molar-refractivity contribution is 5.50. The van der Waals surface area contributed by atoms with E-state index >= 15 is 0 Å². The molecule has 0 bridgehead atoms. The van der Waals surface area contributed by atoms with Gasteiger partial charge >= 0.3 is 0 Å². The highest BCUT2D eigenvalue weighted by Crippen LogP contribution is 2.41. The fourth-order valence-corrected chi connectivity index (χ4v) is 2.10. The fourth-order valence-electron chi connectivity index (χ4n) is 2.10. The maximum absolute atomic E-state index is 12.7. The summed E-state index contributed by atoms with van der Waals surface area (Å²) in [5.41, 5.74) is 6.59. The molecule has 0 aromatic heterocycles. The number of benzene rings is 1. The van der Waals surface area contributed by atoms with E-state index in [1.165, 1.54) is 12.1 Å². The third kappa shape index (κ3) is 2.31. The van der Waals surface area contributed by atoms with Crippen LogP contribution in [0.15, 0.2) is 30.3 Å². The number of hydrogen-bond donors (Lipinski definition) is 2. The van der Waals surface area contributed by atoms with Crippen molar-refractivity contribution in [1.82, 2.24) is 0 Å². The van der Waals surface area contributed by atoms with Crippen LogP contribution in [-0.4, -0.2) is 17.8 Å². The highest BCUT2D eigenvalue weighted by Gasteiger charge is 2.39. The van der Waals surface area contributed by atoms with Gasteiger partial charge in [0.1, 0.15) is 5.82 Å². The third-order valence-corrected chi connectivity index (χ3v) is 3.19. The van der Waals surface area contributed by atoms with Crippen LogP contribution in [-0.2, 0) is 0 Å². The van der Waals surface area contributed by atoms with E-state index in [0.29, 0.717) is 6.54 Å². The molecular weight excluding hydrogens is 205 g/mol. The van der Waals surface area contributed by atoms with Crippen LogP contribution in [0.1, 0.15) is 18.4 Å². The summed E-state index contributed by atoms with van der Waals surface area (Å²) in [6, 6.07) is 6.32. The van der Waals surface area contributed by atoms with Gasteiger partial charge in [-0.15, -0.1) is 0 Å². The lowest BCUT2D eigenvalue weighted by molar-refractivity contribution is 0.00426. The SMILES string of the molecule is NCC1(/C=C/c2ccc(F)cc2)CC(O)C1. The van der Waals surface area contributed by atoms with Crippen LogP contribution >= 0.6 is 0 Å². The van der Waals surface area contributed by atoms with Gasteiger partial charge in [-0.25, -0.2) is 4.39 Å². The summed E-state index contributed by atoms with van der Waals surface area (Å²) in [7, 11) is 0. The Kier molecular flexibility index (Phi) is 3.08. The molecule has 86 valence electrons. The van der Waals surface area contributed by atoms with E-state index < -0.39 is 0 Å². The van der Waals surface area contributed by atoms with Crippen LogP contribution in [0.3, 0.4) is 0 Å². The molecule has 1 aromatic rings. The number of aliphatic hydroxyl groups excluding tert-OH is 1. The van der Waals surface area contributed by atoms with Crippen molar-refractivity contribution < 1.29 is 9.50 Å². The average Bonchev–Trinajstić information content (AvgIpc) is 2.25. The Bertz CT molecular complexity index is 379. The van der Waals surface area contributed by atoms with Crippen LogP contribution in [0.2, 0.25) is 0 Å². The summed E-state index contributed by atoms with van der Waals surface area (Å²) in [5.74, 6) is -0.232. The van der Waals surface area contributed by atoms with Gasteiger partial charge in [-0.2, -0.15) is 0 Å². The molecule has 2 rings (SSSR count). The van der Waals surface area contributed by atoms with Crippen LogP contribution in [0.5, 0.6) is 0 Å². The minimum atomic E-state index is -0.232. The molecule has 0 saturated heterocycles. The predicted molar refractivity (Wildman–Crippen MR) is 62.2 cm³/mol. The zero-order valence-corrected chi connectivity index (χ0v) is 9.07. The predicted octanol–water partition coefficient (Wildman–Crippen LogP) is 1.94. The Labute approximate surface area is 94.6 Å². The lowest BCUT2D eigenvalue weighted by atomic mass is 9.66. The minimum Gasteiger partial charge on any atom is -0.393 e. The Morgan fingerprint density at radius 2 is 2.00 bits per heavy atom. The number of nitrogens with two attached hydrogens (primary N) is 1. The van der Waals surface area contributed by atoms with Gasteiger partial charge in [-0.05, 0) is 30.5 Å². The summed E-state index contributed by atoms with van der Waals surface area (Å²) in [6.45, 7) is 0.543. The quantitative estimate of drug-likeness (QED) is 0.819. The van der Waals surface area contributed by atoms with Gasteiger partial charge < -0.3 is 10.8 Å². The van der Waals surface area contributed by atoms with Crippen molar-refractivity contribution in [2.45, 2.75) is 18.9 Å². The molecule has 1 aliphatic rings. The molecule has 0 spiro atoms. The molecule has 0 atom stereocenters. The van der Waals surface area contributed by atoms with Crippen molar-refractivity contribution >= 4 is 6.08 Å². The largest absolute Gasteiger partial charge is 0.393 e. The number of aliphatic hydroxyl groups is 1. The first-order valence-electron chi connectivity index (χ1n) is 5.46. The van der Waals surface area contributed by atoms with E-state index in [2.05, 4.69) is 0 Å². The van der Waals surface area contributed by atoms with Crippen molar-refractivity contribution in [3.05, 3.63) is 41.7 Å². The molecular formula is C13H16FNO. The molecule has 0 amide bonds. The van der Waals surface area contributed by atoms with Gasteiger partial charge in [0, 0.05) is 12.0 Å². The van der Waals surface area contributed by atoms with E-state index in [1.54, 1.807) is 12.1 Å². The lowest BCUT2D eigenvalue weighted by Crippen LogP contribution is -2.44. The number of rotatable bonds is 3. The van der Waals surface area contributed by atoms with Crippen LogP contribution in [0.25, 0.3) is 6.08 Å². The molecule has 1 aliphatic carbocycles. The van der Waals surface area contributed by atoms with Gasteiger partial charge in [-0.3, -0.25) is 0 Å². The topological polar surface area (TPSA) is 46.2 Å². The van der Waals surface area contributed by atoms with Crippen LogP contribution in [0, 0.1) is 11.2 Å². The van der Waals surface area contributed by atoms with Gasteiger partial charge in [0.15, 0.2) is 0 Å². The molecule has 1 saturated carbocycles. The Balaban J connectivity index is 2.06. The summed E-state index contributed by atoms with van der Waals surface area (Å²) in [5, 5.41) is 9.31. The Hall–Kier alpha value is -1.19. The number of hydrogen-bond acceptors (Lipinski definition) is 2. The van der Waals surface area contributed by atoms with Crippen LogP contribution < -0.4 is 5.73 Å². The van der Waals surface area contributed by atoms with Gasteiger partial charge in [0.2, 0.25) is 0 Å². The first-order valence-corrected chi connectivity index (χ1v) is 5.46. The second-order valence-electron chi connectivity index (χ2n) is 4.51. The van der Waals surface area contributed by atoms with Gasteiger partial charge in [-0.1, -0.05) is 24.3 Å². The van der Waals surface area contributed by atoms with Crippen molar-refractivity contribution in [3.63, 3.8) is 0 Å². The van der Waals surface area contributed by atoms with E-state index in [-0.39, 0.29) is 17.3 Å². The molecule has 0 unspecified atom stereocenters. The summed E-state index contributed by atoms with van der Waals surface area (Å²) in [6.07, 6.45) is 5.20. The van der Waals surface area contributed by atoms with Crippen molar-refractivity contribution in [1.29, 1.82) is 0 Å². The maximum Gasteiger partial charge on any atom is 0.123 e. The van der Waals surface area contributed by atoms with E-state index in [4.69, 9.17) is 5.73 Å². The smallest absolute Gasteiger partial charge is 0.123 e. The van der Waals surface area contributed by atoms with E-state index in [0.717, 1.165) is 18.4 Å². The molecule has 0 heterocycles. The second kappa shape index (κ2) is 4.36. The van der Waals surface area contributed by atoms with E-state index in [9.17, 15) is 9.50 Å². The van der Waals surface area contributed by atoms with Crippen molar-refractivity contribution in [3.8, 4) is 0 Å². The fraction of sp³-hybridized carbons (Fsp3) is 0.385. The first-order chi connectivity index (χ1) is 7.63. The summed E-state index contributed by atoms with van der Waals surface area (Å²) in [4.78, 5) is 0. The molecule has 3 heteroatoms. The third-order valence-electron chi connectivity index (χ3n) is 3.19. The normalized spacial score (nSPS) is 29.3. The van der Waals surface area contributed by atoms with Crippen molar-refractivity contribution in [2.75, 3.05) is 6.54 Å². The second-order valence-corrected chi connectivity index (χ2v) is 4.51. The first kappa shape index (κ1) is 11.3. The molecule has 3 N–H and O–H groups in total. The monoisotopic (exact) mass is 221 g/mol. The Morgan fingerprint density at radius 1 is 1.38 bits per heavy atom. The zero-order chi connectivity index (χ0) is 11.6. The summed E-state index contributed by atoms with van der Waals surface area (Å²) < 4.78 is 12.7. The summed E-state index contributed by atoms with van der Waals surface area (Å²) >= 11 is 0.